The van der Waals surface area contributed by atoms with Gasteiger partial charge in [-0.15, -0.1) is 0 Å². The zero-order valence-corrected chi connectivity index (χ0v) is 18.5. The Bertz CT molecular complexity index is 1070. The maximum absolute atomic E-state index is 13.8. The molecule has 2 saturated heterocycles. The molecular formula is C22H25F4N5O3. The average molecular weight is 483 g/mol. The minimum Gasteiger partial charge on any atom is -0.476 e. The van der Waals surface area contributed by atoms with Gasteiger partial charge in [0, 0.05) is 57.2 Å². The Kier molecular flexibility index (Phi) is 6.52. The molecule has 1 aromatic carbocycles. The molecule has 3 heterocycles. The lowest BCUT2D eigenvalue weighted by atomic mass is 10.1. The number of carbonyl (C=O) groups is 2. The van der Waals surface area contributed by atoms with Crippen LogP contribution in [0.4, 0.5) is 28.0 Å². The van der Waals surface area contributed by atoms with E-state index < -0.39 is 29.9 Å². The maximum atomic E-state index is 13.8. The molecule has 1 N–H and O–H groups in total. The van der Waals surface area contributed by atoms with E-state index >= 15 is 0 Å². The predicted octanol–water partition coefficient (Wildman–Crippen LogP) is 3.32. The molecule has 0 saturated carbocycles. The molecule has 2 aromatic rings. The third-order valence-corrected chi connectivity index (χ3v) is 6.24. The van der Waals surface area contributed by atoms with Crippen LogP contribution in [0.5, 0.6) is 0 Å². The molecule has 184 valence electrons. The van der Waals surface area contributed by atoms with Gasteiger partial charge in [0.05, 0.1) is 5.56 Å². The van der Waals surface area contributed by atoms with Gasteiger partial charge in [-0.1, -0.05) is 6.07 Å². The lowest BCUT2D eigenvalue weighted by Gasteiger charge is -2.40. The van der Waals surface area contributed by atoms with Crippen LogP contribution in [0.3, 0.4) is 0 Å². The van der Waals surface area contributed by atoms with E-state index in [2.05, 4.69) is 5.10 Å². The van der Waals surface area contributed by atoms with Crippen LogP contribution in [0.25, 0.3) is 0 Å². The van der Waals surface area contributed by atoms with E-state index in [1.165, 1.54) is 18.3 Å². The second-order valence-corrected chi connectivity index (χ2v) is 8.68. The van der Waals surface area contributed by atoms with Gasteiger partial charge in [0.1, 0.15) is 6.17 Å². The average Bonchev–Trinajstić information content (AvgIpc) is 3.42. The molecule has 0 bridgehead atoms. The van der Waals surface area contributed by atoms with Crippen molar-refractivity contribution in [3.8, 4) is 0 Å². The third kappa shape index (κ3) is 5.01. The van der Waals surface area contributed by atoms with Crippen molar-refractivity contribution in [2.75, 3.05) is 37.6 Å². The molecule has 2 aliphatic heterocycles. The number of hydrogen-bond donors (Lipinski definition) is 1. The number of piperazine rings is 1. The Labute approximate surface area is 193 Å². The van der Waals surface area contributed by atoms with E-state index in [4.69, 9.17) is 5.11 Å². The Morgan fingerprint density at radius 1 is 1.15 bits per heavy atom. The summed E-state index contributed by atoms with van der Waals surface area (Å²) in [4.78, 5) is 29.1. The molecule has 2 atom stereocenters. The molecule has 34 heavy (non-hydrogen) atoms. The Morgan fingerprint density at radius 3 is 2.50 bits per heavy atom. The number of halogens is 4. The fourth-order valence-electron chi connectivity index (χ4n) is 4.48. The maximum Gasteiger partial charge on any atom is 0.416 e. The van der Waals surface area contributed by atoms with Crippen LogP contribution in [0.15, 0.2) is 30.5 Å². The van der Waals surface area contributed by atoms with E-state index in [1.807, 2.05) is 11.8 Å². The monoisotopic (exact) mass is 483 g/mol. The van der Waals surface area contributed by atoms with Gasteiger partial charge < -0.3 is 14.9 Å². The molecule has 2 aliphatic rings. The van der Waals surface area contributed by atoms with Crippen molar-refractivity contribution in [1.82, 2.24) is 19.6 Å². The highest BCUT2D eigenvalue weighted by Crippen LogP contribution is 2.35. The minimum absolute atomic E-state index is 0.0647. The summed E-state index contributed by atoms with van der Waals surface area (Å²) < 4.78 is 54.7. The third-order valence-electron chi connectivity index (χ3n) is 6.24. The van der Waals surface area contributed by atoms with E-state index in [-0.39, 0.29) is 24.7 Å². The van der Waals surface area contributed by atoms with Crippen LogP contribution in [-0.4, -0.2) is 81.6 Å². The highest BCUT2D eigenvalue weighted by Gasteiger charge is 2.34. The number of rotatable bonds is 4. The Balaban J connectivity index is 1.47. The first-order chi connectivity index (χ1) is 16.0. The first-order valence-electron chi connectivity index (χ1n) is 10.9. The summed E-state index contributed by atoms with van der Waals surface area (Å²) in [5.41, 5.74) is 0.0651. The van der Waals surface area contributed by atoms with E-state index in [1.54, 1.807) is 9.80 Å². The Morgan fingerprint density at radius 2 is 1.91 bits per heavy atom. The summed E-state index contributed by atoms with van der Waals surface area (Å²) in [6, 6.07) is 4.15. The fraction of sp³-hybridized carbons (Fsp3) is 0.500. The summed E-state index contributed by atoms with van der Waals surface area (Å²) in [6.07, 6.45) is -3.98. The molecule has 0 radical (unpaired) electrons. The number of hydrogen-bond acceptors (Lipinski definition) is 5. The Hall–Kier alpha value is -3.15. The van der Waals surface area contributed by atoms with Gasteiger partial charge in [-0.2, -0.15) is 23.0 Å². The first-order valence-corrected chi connectivity index (χ1v) is 10.9. The van der Waals surface area contributed by atoms with Crippen molar-refractivity contribution in [2.24, 2.45) is 0 Å². The summed E-state index contributed by atoms with van der Waals surface area (Å²) in [5, 5.41) is 12.8. The van der Waals surface area contributed by atoms with Crippen LogP contribution in [0.2, 0.25) is 0 Å². The number of amides is 1. The van der Waals surface area contributed by atoms with E-state index in [9.17, 15) is 27.2 Å². The number of carboxylic acids is 1. The number of carbonyl (C=O) groups excluding carboxylic acids is 1. The van der Waals surface area contributed by atoms with Crippen LogP contribution in [-0.2, 0) is 12.7 Å². The SMILES string of the molecule is C[C@@H]1CN(Cc2ccc(C(F)(F)F)cc2N2CC[C@H](F)C2)CCN1C(=O)n1ccc(C(=O)O)n1. The quantitative estimate of drug-likeness (QED) is 0.672. The smallest absolute Gasteiger partial charge is 0.416 e. The van der Waals surface area contributed by atoms with Gasteiger partial charge in [0.25, 0.3) is 0 Å². The summed E-state index contributed by atoms with van der Waals surface area (Å²) in [5.74, 6) is -1.23. The molecule has 12 heteroatoms. The van der Waals surface area contributed by atoms with Crippen molar-refractivity contribution >= 4 is 17.7 Å². The summed E-state index contributed by atoms with van der Waals surface area (Å²) in [6.45, 7) is 3.89. The number of benzene rings is 1. The van der Waals surface area contributed by atoms with Gasteiger partial charge in [-0.25, -0.2) is 14.0 Å². The zero-order chi connectivity index (χ0) is 24.6. The fourth-order valence-corrected chi connectivity index (χ4v) is 4.48. The highest BCUT2D eigenvalue weighted by atomic mass is 19.4. The molecule has 0 spiro atoms. The highest BCUT2D eigenvalue weighted by molar-refractivity contribution is 5.86. The second-order valence-electron chi connectivity index (χ2n) is 8.68. The molecule has 1 amide bonds. The number of nitrogens with zero attached hydrogens (tertiary/aromatic N) is 5. The topological polar surface area (TPSA) is 81.9 Å². The first kappa shape index (κ1) is 24.0. The number of carboxylic acid groups (broad SMARTS) is 1. The van der Waals surface area contributed by atoms with E-state index in [0.717, 1.165) is 16.8 Å². The molecule has 4 rings (SSSR count). The molecule has 0 unspecified atom stereocenters. The molecule has 2 fully saturated rings. The molecular weight excluding hydrogens is 458 g/mol. The van der Waals surface area contributed by atoms with Crippen molar-refractivity contribution in [3.05, 3.63) is 47.3 Å². The lowest BCUT2D eigenvalue weighted by Crippen LogP contribution is -2.54. The van der Waals surface area contributed by atoms with Gasteiger partial charge in [-0.05, 0) is 37.1 Å². The molecule has 1 aromatic heterocycles. The number of aromatic carboxylic acids is 1. The van der Waals surface area contributed by atoms with Gasteiger partial charge in [0.15, 0.2) is 5.69 Å². The number of alkyl halides is 4. The van der Waals surface area contributed by atoms with Gasteiger partial charge in [-0.3, -0.25) is 4.90 Å². The number of aromatic nitrogens is 2. The standard InChI is InChI=1S/C22H25F4N5O3/c1-14-11-28(8-9-30(14)21(34)31-7-5-18(27-31)20(32)33)12-15-2-3-16(22(24,25)26)10-19(15)29-6-4-17(23)13-29/h2-3,5,7,10,14,17H,4,6,8-9,11-13H2,1H3,(H,32,33)/t14-,17+/m1/s1. The minimum atomic E-state index is -4.49. The molecule has 0 aliphatic carbocycles. The van der Waals surface area contributed by atoms with Gasteiger partial charge in [0.2, 0.25) is 0 Å². The van der Waals surface area contributed by atoms with Crippen molar-refractivity contribution < 1.29 is 32.3 Å². The molecule has 8 nitrogen and oxygen atoms in total. The van der Waals surface area contributed by atoms with Crippen LogP contribution >= 0.6 is 0 Å². The van der Waals surface area contributed by atoms with Crippen molar-refractivity contribution in [2.45, 2.75) is 38.3 Å². The second kappa shape index (κ2) is 9.24. The van der Waals surface area contributed by atoms with Crippen LogP contribution in [0.1, 0.15) is 35.0 Å². The largest absolute Gasteiger partial charge is 0.476 e. The van der Waals surface area contributed by atoms with Crippen LogP contribution in [0, 0.1) is 0 Å². The normalized spacial score (nSPS) is 21.8. The summed E-state index contributed by atoms with van der Waals surface area (Å²) >= 11 is 0. The lowest BCUT2D eigenvalue weighted by molar-refractivity contribution is -0.137. The van der Waals surface area contributed by atoms with Crippen molar-refractivity contribution in [1.29, 1.82) is 0 Å². The van der Waals surface area contributed by atoms with Gasteiger partial charge >= 0.3 is 18.2 Å². The number of anilines is 1. The van der Waals surface area contributed by atoms with Crippen molar-refractivity contribution in [3.63, 3.8) is 0 Å². The van der Waals surface area contributed by atoms with Crippen LogP contribution < -0.4 is 4.90 Å². The summed E-state index contributed by atoms with van der Waals surface area (Å²) in [7, 11) is 0. The zero-order valence-electron chi connectivity index (χ0n) is 18.5. The predicted molar refractivity (Wildman–Crippen MR) is 115 cm³/mol. The van der Waals surface area contributed by atoms with E-state index in [0.29, 0.717) is 44.0 Å².